The second-order valence-corrected chi connectivity index (χ2v) is 7.41. The summed E-state index contributed by atoms with van der Waals surface area (Å²) >= 11 is 1.32. The number of aliphatic hydroxyl groups excluding tert-OH is 1. The number of rotatable bonds is 6. The van der Waals surface area contributed by atoms with Crippen LogP contribution in [0.3, 0.4) is 0 Å². The summed E-state index contributed by atoms with van der Waals surface area (Å²) in [5.41, 5.74) is 6.86. The molecular formula is C18H19N3O6S. The van der Waals surface area contributed by atoms with Crippen LogP contribution >= 0.6 is 11.8 Å². The number of aliphatic carboxylic acids is 1. The van der Waals surface area contributed by atoms with Crippen molar-refractivity contribution in [2.75, 3.05) is 5.75 Å². The van der Waals surface area contributed by atoms with Crippen molar-refractivity contribution in [1.29, 1.82) is 0 Å². The Morgan fingerprint density at radius 2 is 2.18 bits per heavy atom. The summed E-state index contributed by atoms with van der Waals surface area (Å²) in [5.74, 6) is -2.23. The molecule has 1 aromatic carbocycles. The Hall–Kier alpha value is -2.82. The molecule has 2 heterocycles. The number of nitrogens with two attached hydrogens (primary N) is 1. The van der Waals surface area contributed by atoms with Crippen LogP contribution in [0.15, 0.2) is 42.1 Å². The van der Waals surface area contributed by atoms with Gasteiger partial charge >= 0.3 is 5.97 Å². The molecule has 9 nitrogen and oxygen atoms in total. The zero-order valence-corrected chi connectivity index (χ0v) is 15.5. The Morgan fingerprint density at radius 3 is 2.75 bits per heavy atom. The molecule has 0 aliphatic carbocycles. The van der Waals surface area contributed by atoms with Crippen LogP contribution in [-0.2, 0) is 21.0 Å². The molecule has 0 radical (unpaired) electrons. The second-order valence-electron chi connectivity index (χ2n) is 6.30. The van der Waals surface area contributed by atoms with E-state index in [-0.39, 0.29) is 18.1 Å². The first-order chi connectivity index (χ1) is 13.3. The van der Waals surface area contributed by atoms with Gasteiger partial charge in [0.15, 0.2) is 0 Å². The molecule has 2 aliphatic heterocycles. The summed E-state index contributed by atoms with van der Waals surface area (Å²) in [6.07, 6.45) is 1.41. The van der Waals surface area contributed by atoms with E-state index in [9.17, 15) is 24.6 Å². The number of carboxylic acids is 1. The van der Waals surface area contributed by atoms with Crippen molar-refractivity contribution < 1.29 is 29.7 Å². The topological polar surface area (TPSA) is 153 Å². The summed E-state index contributed by atoms with van der Waals surface area (Å²) in [5, 5.41) is 30.3. The fourth-order valence-electron chi connectivity index (χ4n) is 3.10. The number of nitrogens with one attached hydrogen (secondary N) is 1. The molecule has 0 saturated carbocycles. The third-order valence-electron chi connectivity index (χ3n) is 4.67. The van der Waals surface area contributed by atoms with Gasteiger partial charge in [0.2, 0.25) is 5.91 Å². The van der Waals surface area contributed by atoms with E-state index in [0.717, 1.165) is 4.90 Å². The highest BCUT2D eigenvalue weighted by atomic mass is 32.2. The van der Waals surface area contributed by atoms with Crippen LogP contribution in [0.5, 0.6) is 5.75 Å². The average molecular weight is 405 g/mol. The van der Waals surface area contributed by atoms with E-state index in [1.165, 1.54) is 36.0 Å². The minimum Gasteiger partial charge on any atom is -0.508 e. The van der Waals surface area contributed by atoms with Crippen molar-refractivity contribution in [2.24, 2.45) is 5.73 Å². The van der Waals surface area contributed by atoms with Gasteiger partial charge in [0.25, 0.3) is 5.91 Å². The lowest BCUT2D eigenvalue weighted by atomic mass is 10.0. The highest BCUT2D eigenvalue weighted by molar-refractivity contribution is 8.00. The molecule has 2 amide bonds. The Bertz CT molecular complexity index is 899. The predicted octanol–water partition coefficient (Wildman–Crippen LogP) is -0.191. The summed E-state index contributed by atoms with van der Waals surface area (Å²) in [6.45, 7) is 3.22. The van der Waals surface area contributed by atoms with E-state index in [2.05, 4.69) is 11.9 Å². The second kappa shape index (κ2) is 7.66. The van der Waals surface area contributed by atoms with Gasteiger partial charge in [0, 0.05) is 11.3 Å². The van der Waals surface area contributed by atoms with Gasteiger partial charge in [-0.25, -0.2) is 4.79 Å². The Balaban J connectivity index is 1.73. The molecule has 148 valence electrons. The van der Waals surface area contributed by atoms with E-state index in [4.69, 9.17) is 10.8 Å². The minimum absolute atomic E-state index is 0.122. The van der Waals surface area contributed by atoms with Gasteiger partial charge in [-0.3, -0.25) is 14.5 Å². The van der Waals surface area contributed by atoms with Crippen molar-refractivity contribution in [3.8, 4) is 5.75 Å². The maximum atomic E-state index is 12.5. The number of thioether (sulfide) groups is 1. The van der Waals surface area contributed by atoms with E-state index >= 15 is 0 Å². The molecule has 1 unspecified atom stereocenters. The van der Waals surface area contributed by atoms with Crippen LogP contribution in [0.4, 0.5) is 0 Å². The average Bonchev–Trinajstić information content (AvgIpc) is 2.69. The fourth-order valence-corrected chi connectivity index (χ4v) is 4.44. The number of fused-ring (bicyclic) bond motifs is 1. The molecule has 1 fully saturated rings. The third kappa shape index (κ3) is 3.26. The summed E-state index contributed by atoms with van der Waals surface area (Å²) in [4.78, 5) is 37.6. The number of amides is 2. The van der Waals surface area contributed by atoms with Crippen molar-refractivity contribution in [3.05, 3.63) is 53.3 Å². The lowest BCUT2D eigenvalue weighted by molar-refractivity contribution is -0.150. The lowest BCUT2D eigenvalue weighted by Crippen LogP contribution is -2.71. The maximum Gasteiger partial charge on any atom is 0.352 e. The highest BCUT2D eigenvalue weighted by Gasteiger charge is 2.54. The molecule has 6 N–H and O–H groups in total. The van der Waals surface area contributed by atoms with Crippen LogP contribution in [0.2, 0.25) is 0 Å². The fraction of sp³-hybridized carbons (Fsp3) is 0.278. The van der Waals surface area contributed by atoms with E-state index in [1.807, 2.05) is 0 Å². The van der Waals surface area contributed by atoms with Crippen molar-refractivity contribution >= 4 is 29.5 Å². The van der Waals surface area contributed by atoms with Crippen LogP contribution in [-0.4, -0.2) is 55.2 Å². The SMILES string of the molecule is C=CC1=C(C(=O)O)N2C(=O)C(NC(=O)[C@H](N)c3ccc(CO)c(O)c3)[C@H]2SC1. The minimum atomic E-state index is -1.23. The molecule has 1 aromatic rings. The van der Waals surface area contributed by atoms with Crippen LogP contribution in [0.1, 0.15) is 17.2 Å². The summed E-state index contributed by atoms with van der Waals surface area (Å²) in [7, 11) is 0. The quantitative estimate of drug-likeness (QED) is 0.408. The summed E-state index contributed by atoms with van der Waals surface area (Å²) < 4.78 is 0. The molecule has 28 heavy (non-hydrogen) atoms. The predicted molar refractivity (Wildman–Crippen MR) is 101 cm³/mol. The first kappa shape index (κ1) is 19.9. The number of carbonyl (C=O) groups excluding carboxylic acids is 2. The van der Waals surface area contributed by atoms with Crippen LogP contribution in [0, 0.1) is 0 Å². The molecular weight excluding hydrogens is 386 g/mol. The number of aliphatic hydroxyl groups is 1. The number of aromatic hydroxyl groups is 1. The van der Waals surface area contributed by atoms with Crippen molar-refractivity contribution in [3.63, 3.8) is 0 Å². The zero-order valence-electron chi connectivity index (χ0n) is 14.7. The van der Waals surface area contributed by atoms with Crippen molar-refractivity contribution in [2.45, 2.75) is 24.1 Å². The number of benzene rings is 1. The van der Waals surface area contributed by atoms with Gasteiger partial charge in [-0.05, 0) is 17.2 Å². The Morgan fingerprint density at radius 1 is 1.46 bits per heavy atom. The number of β-lactam (4-membered cyclic amide) rings is 1. The van der Waals surface area contributed by atoms with Gasteiger partial charge in [0.1, 0.15) is 28.9 Å². The number of allylic oxidation sites excluding steroid dienone is 1. The van der Waals surface area contributed by atoms with Gasteiger partial charge in [-0.1, -0.05) is 24.8 Å². The van der Waals surface area contributed by atoms with Crippen LogP contribution < -0.4 is 11.1 Å². The zero-order chi connectivity index (χ0) is 20.6. The number of phenols is 1. The summed E-state index contributed by atoms with van der Waals surface area (Å²) in [6, 6.07) is 2.19. The number of carbonyl (C=O) groups is 3. The molecule has 1 saturated heterocycles. The smallest absolute Gasteiger partial charge is 0.352 e. The van der Waals surface area contributed by atoms with Gasteiger partial charge in [0.05, 0.1) is 6.61 Å². The first-order valence-electron chi connectivity index (χ1n) is 8.32. The standard InChI is InChI=1S/C18H19N3O6S/c1-2-8-7-28-17-13(16(25)21(17)14(8)18(26)27)20-15(24)12(19)9-3-4-10(6-22)11(23)5-9/h2-5,12-13,17,22-23H,1,6-7,19H2,(H,20,24)(H,26,27)/t12-,13?,17-/m1/s1. The first-order valence-corrected chi connectivity index (χ1v) is 9.37. The van der Waals surface area contributed by atoms with Crippen LogP contribution in [0.25, 0.3) is 0 Å². The normalized spacial score (nSPS) is 22.2. The number of nitrogens with zero attached hydrogens (tertiary/aromatic N) is 1. The largest absolute Gasteiger partial charge is 0.508 e. The molecule has 0 aromatic heterocycles. The van der Waals surface area contributed by atoms with Gasteiger partial charge < -0.3 is 26.4 Å². The molecule has 10 heteroatoms. The van der Waals surface area contributed by atoms with E-state index in [1.54, 1.807) is 0 Å². The van der Waals surface area contributed by atoms with Gasteiger partial charge in [-0.2, -0.15) is 0 Å². The van der Waals surface area contributed by atoms with E-state index < -0.39 is 35.2 Å². The Kier molecular flexibility index (Phi) is 5.45. The molecule has 3 rings (SSSR count). The van der Waals surface area contributed by atoms with Crippen molar-refractivity contribution in [1.82, 2.24) is 10.2 Å². The van der Waals surface area contributed by atoms with Gasteiger partial charge in [-0.15, -0.1) is 11.8 Å². The third-order valence-corrected chi connectivity index (χ3v) is 5.97. The number of carboxylic acid groups (broad SMARTS) is 1. The van der Waals surface area contributed by atoms with E-state index in [0.29, 0.717) is 22.5 Å². The molecule has 0 bridgehead atoms. The molecule has 3 atom stereocenters. The number of hydrogen-bond donors (Lipinski definition) is 5. The monoisotopic (exact) mass is 405 g/mol. The lowest BCUT2D eigenvalue weighted by Gasteiger charge is -2.49. The maximum absolute atomic E-state index is 12.5. The molecule has 0 spiro atoms. The highest BCUT2D eigenvalue weighted by Crippen LogP contribution is 2.40. The molecule has 2 aliphatic rings. The Labute approximate surface area is 164 Å². The number of hydrogen-bond acceptors (Lipinski definition) is 7.